The van der Waals surface area contributed by atoms with Gasteiger partial charge in [-0.25, -0.2) is 8.42 Å². The van der Waals surface area contributed by atoms with Gasteiger partial charge in [-0.15, -0.1) is 0 Å². The van der Waals surface area contributed by atoms with Gasteiger partial charge in [-0.05, 0) is 47.5 Å². The fourth-order valence-electron chi connectivity index (χ4n) is 3.39. The van der Waals surface area contributed by atoms with Gasteiger partial charge >= 0.3 is 6.18 Å². The van der Waals surface area contributed by atoms with Crippen molar-refractivity contribution in [1.29, 1.82) is 0 Å². The van der Waals surface area contributed by atoms with E-state index in [9.17, 15) is 21.6 Å². The summed E-state index contributed by atoms with van der Waals surface area (Å²) in [4.78, 5) is 0.107. The van der Waals surface area contributed by atoms with Crippen molar-refractivity contribution in [1.82, 2.24) is 4.31 Å². The number of halogens is 4. The number of hydrogen-bond acceptors (Lipinski definition) is 3. The molecule has 0 fully saturated rings. The topological polar surface area (TPSA) is 49.4 Å². The van der Waals surface area contributed by atoms with E-state index in [1.165, 1.54) is 22.5 Å². The van der Waals surface area contributed by atoms with Crippen molar-refractivity contribution in [3.8, 4) is 0 Å². The molecule has 0 aromatic heterocycles. The van der Waals surface area contributed by atoms with Gasteiger partial charge in [0.15, 0.2) is 0 Å². The van der Waals surface area contributed by atoms with Crippen molar-refractivity contribution >= 4 is 27.3 Å². The van der Waals surface area contributed by atoms with E-state index >= 15 is 0 Å². The molecule has 1 heterocycles. The molecule has 3 aromatic carbocycles. The number of nitrogens with one attached hydrogen (secondary N) is 1. The molecule has 1 aliphatic heterocycles. The van der Waals surface area contributed by atoms with Crippen molar-refractivity contribution in [3.05, 3.63) is 94.5 Å². The van der Waals surface area contributed by atoms with E-state index in [0.29, 0.717) is 21.8 Å². The van der Waals surface area contributed by atoms with Crippen LogP contribution in [-0.4, -0.2) is 12.7 Å². The highest BCUT2D eigenvalue weighted by atomic mass is 35.5. The summed E-state index contributed by atoms with van der Waals surface area (Å²) in [6.45, 7) is -0.00405. The van der Waals surface area contributed by atoms with Crippen LogP contribution in [-0.2, 0) is 22.7 Å². The maximum absolute atomic E-state index is 13.4. The highest BCUT2D eigenvalue weighted by Gasteiger charge is 2.39. The zero-order chi connectivity index (χ0) is 21.5. The molecule has 0 saturated carbocycles. The summed E-state index contributed by atoms with van der Waals surface area (Å²) in [6.07, 6.45) is -5.36. The Morgan fingerprint density at radius 2 is 1.67 bits per heavy atom. The second-order valence-corrected chi connectivity index (χ2v) is 9.14. The summed E-state index contributed by atoms with van der Waals surface area (Å²) >= 11 is 6.04. The number of benzene rings is 3. The Kier molecular flexibility index (Phi) is 5.25. The van der Waals surface area contributed by atoms with Crippen LogP contribution in [0.5, 0.6) is 0 Å². The maximum atomic E-state index is 13.4. The fraction of sp³-hybridized carbons (Fsp3) is 0.143. The van der Waals surface area contributed by atoms with Crippen LogP contribution in [0.3, 0.4) is 0 Å². The van der Waals surface area contributed by atoms with E-state index < -0.39 is 27.9 Å². The Labute approximate surface area is 177 Å². The molecule has 0 saturated heterocycles. The number of rotatable bonds is 3. The van der Waals surface area contributed by atoms with E-state index in [1.807, 2.05) is 0 Å². The first-order chi connectivity index (χ1) is 14.2. The number of hydrogen-bond donors (Lipinski definition) is 1. The SMILES string of the molecule is O=S1(=O)c2ccccc2NC(c2ccc(C(F)(F)F)cc2)N1Cc1cccc(Cl)c1. The minimum Gasteiger partial charge on any atom is -0.364 e. The van der Waals surface area contributed by atoms with E-state index in [4.69, 9.17) is 11.6 Å². The Hall–Kier alpha value is -2.55. The second kappa shape index (κ2) is 7.61. The minimum atomic E-state index is -4.47. The second-order valence-electron chi connectivity index (χ2n) is 6.84. The average Bonchev–Trinajstić information content (AvgIpc) is 2.70. The summed E-state index contributed by atoms with van der Waals surface area (Å²) in [7, 11) is -3.92. The normalized spacial score (nSPS) is 18.5. The predicted molar refractivity (Wildman–Crippen MR) is 108 cm³/mol. The zero-order valence-electron chi connectivity index (χ0n) is 15.4. The van der Waals surface area contributed by atoms with Gasteiger partial charge in [0, 0.05) is 11.6 Å². The van der Waals surface area contributed by atoms with Crippen LogP contribution in [0, 0.1) is 0 Å². The molecule has 0 amide bonds. The van der Waals surface area contributed by atoms with E-state index in [0.717, 1.165) is 12.1 Å². The molecule has 0 aliphatic carbocycles. The fourth-order valence-corrected chi connectivity index (χ4v) is 5.28. The lowest BCUT2D eigenvalue weighted by Gasteiger charge is -2.37. The van der Waals surface area contributed by atoms with Gasteiger partial charge in [-0.2, -0.15) is 17.5 Å². The van der Waals surface area contributed by atoms with Crippen molar-refractivity contribution in [2.24, 2.45) is 0 Å². The number of anilines is 1. The molecule has 1 atom stereocenters. The van der Waals surface area contributed by atoms with Gasteiger partial charge in [0.05, 0.1) is 11.3 Å². The lowest BCUT2D eigenvalue weighted by atomic mass is 10.1. The third-order valence-electron chi connectivity index (χ3n) is 4.84. The number of alkyl halides is 3. The van der Waals surface area contributed by atoms with Crippen LogP contribution < -0.4 is 5.32 Å². The first-order valence-electron chi connectivity index (χ1n) is 8.95. The molecule has 4 rings (SSSR count). The van der Waals surface area contributed by atoms with Crippen LogP contribution in [0.15, 0.2) is 77.7 Å². The van der Waals surface area contributed by atoms with E-state index in [2.05, 4.69) is 5.32 Å². The predicted octanol–water partition coefficient (Wildman–Crippen LogP) is 5.67. The maximum Gasteiger partial charge on any atom is 0.416 e. The molecule has 0 spiro atoms. The summed E-state index contributed by atoms with van der Waals surface area (Å²) in [5.74, 6) is 0. The third kappa shape index (κ3) is 3.90. The Bertz CT molecular complexity index is 1180. The molecule has 9 heteroatoms. The van der Waals surface area contributed by atoms with Crippen molar-refractivity contribution < 1.29 is 21.6 Å². The highest BCUT2D eigenvalue weighted by molar-refractivity contribution is 7.89. The van der Waals surface area contributed by atoms with Gasteiger partial charge in [0.25, 0.3) is 0 Å². The summed E-state index contributed by atoms with van der Waals surface area (Å²) < 4.78 is 66.8. The van der Waals surface area contributed by atoms with Crippen LogP contribution >= 0.6 is 11.6 Å². The summed E-state index contributed by atoms with van der Waals surface area (Å²) in [5.41, 5.74) is 0.642. The highest BCUT2D eigenvalue weighted by Crippen LogP contribution is 2.40. The molecule has 1 unspecified atom stereocenters. The van der Waals surface area contributed by atoms with Crippen LogP contribution in [0.2, 0.25) is 5.02 Å². The molecule has 30 heavy (non-hydrogen) atoms. The van der Waals surface area contributed by atoms with Crippen molar-refractivity contribution in [3.63, 3.8) is 0 Å². The first-order valence-corrected chi connectivity index (χ1v) is 10.8. The minimum absolute atomic E-state index is 0.00405. The first kappa shape index (κ1) is 20.7. The molecule has 0 bridgehead atoms. The molecular formula is C21H16ClF3N2O2S. The molecule has 4 nitrogen and oxygen atoms in total. The molecule has 1 N–H and O–H groups in total. The van der Waals surface area contributed by atoms with Crippen LogP contribution in [0.25, 0.3) is 0 Å². The van der Waals surface area contributed by atoms with Gasteiger partial charge in [0.1, 0.15) is 11.1 Å². The lowest BCUT2D eigenvalue weighted by Crippen LogP contribution is -2.42. The van der Waals surface area contributed by atoms with Crippen molar-refractivity contribution in [2.75, 3.05) is 5.32 Å². The van der Waals surface area contributed by atoms with Crippen LogP contribution in [0.4, 0.5) is 18.9 Å². The summed E-state index contributed by atoms with van der Waals surface area (Å²) in [6, 6.07) is 17.7. The standard InChI is InChI=1S/C21H16ClF3N2O2S/c22-17-5-3-4-14(12-17)13-27-20(15-8-10-16(11-9-15)21(23,24)25)26-18-6-1-2-7-19(18)30(27,28)29/h1-12,20,26H,13H2. The monoisotopic (exact) mass is 452 g/mol. The Balaban J connectivity index is 1.80. The van der Waals surface area contributed by atoms with E-state index in [1.54, 1.807) is 42.5 Å². The smallest absolute Gasteiger partial charge is 0.364 e. The lowest BCUT2D eigenvalue weighted by molar-refractivity contribution is -0.137. The largest absolute Gasteiger partial charge is 0.416 e. The number of sulfonamides is 1. The molecule has 156 valence electrons. The zero-order valence-corrected chi connectivity index (χ0v) is 17.0. The third-order valence-corrected chi connectivity index (χ3v) is 6.94. The summed E-state index contributed by atoms with van der Waals surface area (Å²) in [5, 5.41) is 3.60. The van der Waals surface area contributed by atoms with Gasteiger partial charge in [-0.3, -0.25) is 0 Å². The number of nitrogens with zero attached hydrogens (tertiary/aromatic N) is 1. The van der Waals surface area contributed by atoms with Crippen molar-refractivity contribution in [2.45, 2.75) is 23.8 Å². The number of para-hydroxylation sites is 1. The van der Waals surface area contributed by atoms with E-state index in [-0.39, 0.29) is 11.4 Å². The average molecular weight is 453 g/mol. The molecule has 1 aliphatic rings. The van der Waals surface area contributed by atoms with Gasteiger partial charge < -0.3 is 5.32 Å². The Morgan fingerprint density at radius 1 is 0.967 bits per heavy atom. The molecular weight excluding hydrogens is 437 g/mol. The molecule has 0 radical (unpaired) electrons. The number of fused-ring (bicyclic) bond motifs is 1. The van der Waals surface area contributed by atoms with Gasteiger partial charge in [-0.1, -0.05) is 48.0 Å². The quantitative estimate of drug-likeness (QED) is 0.556. The van der Waals surface area contributed by atoms with Gasteiger partial charge in [0.2, 0.25) is 10.0 Å². The Morgan fingerprint density at radius 3 is 2.33 bits per heavy atom. The van der Waals surface area contributed by atoms with Crippen LogP contribution in [0.1, 0.15) is 22.9 Å². The molecule has 3 aromatic rings.